The SMILES string of the molecule is CC1(C)CCCNC1C(=O)Nc1cc2c(cc1F)CCC(=O)N2. The van der Waals surface area contributed by atoms with E-state index in [2.05, 4.69) is 16.0 Å². The van der Waals surface area contributed by atoms with E-state index in [9.17, 15) is 14.0 Å². The minimum absolute atomic E-state index is 0.0866. The van der Waals surface area contributed by atoms with Gasteiger partial charge in [-0.2, -0.15) is 0 Å². The highest BCUT2D eigenvalue weighted by Gasteiger charge is 2.37. The third-order valence-electron chi connectivity index (χ3n) is 4.74. The van der Waals surface area contributed by atoms with E-state index < -0.39 is 5.82 Å². The number of carbonyl (C=O) groups excluding carboxylic acids is 2. The second-order valence-electron chi connectivity index (χ2n) is 7.01. The van der Waals surface area contributed by atoms with Crippen molar-refractivity contribution in [2.24, 2.45) is 5.41 Å². The lowest BCUT2D eigenvalue weighted by molar-refractivity contribution is -0.121. The number of amides is 2. The van der Waals surface area contributed by atoms with Gasteiger partial charge in [0.15, 0.2) is 0 Å². The highest BCUT2D eigenvalue weighted by molar-refractivity contribution is 5.98. The summed E-state index contributed by atoms with van der Waals surface area (Å²) in [5, 5.41) is 8.61. The molecule has 2 amide bonds. The van der Waals surface area contributed by atoms with E-state index in [4.69, 9.17) is 0 Å². The maximum atomic E-state index is 14.2. The molecule has 2 aliphatic heterocycles. The molecular weight excluding hydrogens is 297 g/mol. The van der Waals surface area contributed by atoms with E-state index in [0.717, 1.165) is 24.9 Å². The van der Waals surface area contributed by atoms with Gasteiger partial charge < -0.3 is 16.0 Å². The van der Waals surface area contributed by atoms with Crippen molar-refractivity contribution in [2.75, 3.05) is 17.2 Å². The van der Waals surface area contributed by atoms with Crippen LogP contribution in [0.2, 0.25) is 0 Å². The summed E-state index contributed by atoms with van der Waals surface area (Å²) in [4.78, 5) is 24.0. The molecule has 2 heterocycles. The van der Waals surface area contributed by atoms with Crippen LogP contribution in [0.1, 0.15) is 38.7 Å². The second kappa shape index (κ2) is 5.92. The summed E-state index contributed by atoms with van der Waals surface area (Å²) in [5.74, 6) is -0.797. The summed E-state index contributed by atoms with van der Waals surface area (Å²) in [6.07, 6.45) is 2.85. The van der Waals surface area contributed by atoms with Gasteiger partial charge in [-0.05, 0) is 48.9 Å². The van der Waals surface area contributed by atoms with Gasteiger partial charge in [0, 0.05) is 12.1 Å². The topological polar surface area (TPSA) is 70.2 Å². The average Bonchev–Trinajstić information content (AvgIpc) is 2.48. The van der Waals surface area contributed by atoms with Gasteiger partial charge in [0.05, 0.1) is 11.7 Å². The quantitative estimate of drug-likeness (QED) is 0.784. The van der Waals surface area contributed by atoms with Gasteiger partial charge in [0.25, 0.3) is 0 Å². The standard InChI is InChI=1S/C17H22FN3O2/c1-17(2)6-3-7-19-15(17)16(23)21-13-9-12-10(8-11(13)18)4-5-14(22)20-12/h8-9,15,19H,3-7H2,1-2H3,(H,20,22)(H,21,23). The molecule has 0 bridgehead atoms. The molecule has 0 aliphatic carbocycles. The molecule has 0 aromatic heterocycles. The van der Waals surface area contributed by atoms with Gasteiger partial charge in [0.2, 0.25) is 11.8 Å². The van der Waals surface area contributed by atoms with Crippen LogP contribution in [0.15, 0.2) is 12.1 Å². The van der Waals surface area contributed by atoms with Crippen molar-refractivity contribution in [3.8, 4) is 0 Å². The molecule has 1 saturated heterocycles. The third-order valence-corrected chi connectivity index (χ3v) is 4.74. The smallest absolute Gasteiger partial charge is 0.242 e. The number of hydrogen-bond acceptors (Lipinski definition) is 3. The molecular formula is C17H22FN3O2. The first-order chi connectivity index (χ1) is 10.9. The molecule has 0 spiro atoms. The maximum Gasteiger partial charge on any atom is 0.242 e. The highest BCUT2D eigenvalue weighted by atomic mass is 19.1. The molecule has 2 aliphatic rings. The van der Waals surface area contributed by atoms with E-state index in [0.29, 0.717) is 18.5 Å². The van der Waals surface area contributed by atoms with Crippen LogP contribution >= 0.6 is 0 Å². The largest absolute Gasteiger partial charge is 0.326 e. The van der Waals surface area contributed by atoms with E-state index in [1.54, 1.807) is 0 Å². The molecule has 1 aromatic rings. The van der Waals surface area contributed by atoms with Gasteiger partial charge >= 0.3 is 0 Å². The van der Waals surface area contributed by atoms with Crippen molar-refractivity contribution >= 4 is 23.2 Å². The summed E-state index contributed by atoms with van der Waals surface area (Å²) in [7, 11) is 0. The summed E-state index contributed by atoms with van der Waals surface area (Å²) in [6.45, 7) is 4.85. The highest BCUT2D eigenvalue weighted by Crippen LogP contribution is 2.32. The molecule has 124 valence electrons. The molecule has 1 aromatic carbocycles. The lowest BCUT2D eigenvalue weighted by Gasteiger charge is -2.38. The van der Waals surface area contributed by atoms with Crippen molar-refractivity contribution < 1.29 is 14.0 Å². The van der Waals surface area contributed by atoms with Crippen LogP contribution in [-0.2, 0) is 16.0 Å². The van der Waals surface area contributed by atoms with Crippen LogP contribution in [-0.4, -0.2) is 24.4 Å². The number of fused-ring (bicyclic) bond motifs is 1. The molecule has 1 unspecified atom stereocenters. The Balaban J connectivity index is 1.81. The molecule has 0 saturated carbocycles. The molecule has 3 N–H and O–H groups in total. The number of piperidine rings is 1. The Labute approximate surface area is 135 Å². The fourth-order valence-corrected chi connectivity index (χ4v) is 3.36. The Morgan fingerprint density at radius 2 is 2.13 bits per heavy atom. The van der Waals surface area contributed by atoms with Crippen LogP contribution in [0, 0.1) is 11.2 Å². The molecule has 23 heavy (non-hydrogen) atoms. The van der Waals surface area contributed by atoms with Gasteiger partial charge in [0.1, 0.15) is 5.82 Å². The summed E-state index contributed by atoms with van der Waals surface area (Å²) in [5.41, 5.74) is 1.27. The molecule has 5 nitrogen and oxygen atoms in total. The first kappa shape index (κ1) is 15.9. The number of carbonyl (C=O) groups is 2. The lowest BCUT2D eigenvalue weighted by atomic mass is 9.77. The Hall–Kier alpha value is -1.95. The number of benzene rings is 1. The molecule has 3 rings (SSSR count). The monoisotopic (exact) mass is 319 g/mol. The van der Waals surface area contributed by atoms with Crippen LogP contribution in [0.3, 0.4) is 0 Å². The predicted octanol–water partition coefficient (Wildman–Crippen LogP) is 2.43. The molecule has 0 radical (unpaired) electrons. The number of anilines is 2. The fourth-order valence-electron chi connectivity index (χ4n) is 3.36. The normalized spacial score (nSPS) is 22.9. The number of hydrogen-bond donors (Lipinski definition) is 3. The predicted molar refractivity (Wildman–Crippen MR) is 86.8 cm³/mol. The van der Waals surface area contributed by atoms with Crippen molar-refractivity contribution in [2.45, 2.75) is 45.6 Å². The van der Waals surface area contributed by atoms with Crippen molar-refractivity contribution in [3.05, 3.63) is 23.5 Å². The van der Waals surface area contributed by atoms with Gasteiger partial charge in [-0.1, -0.05) is 13.8 Å². The number of aryl methyl sites for hydroxylation is 1. The van der Waals surface area contributed by atoms with Crippen LogP contribution in [0.5, 0.6) is 0 Å². The Morgan fingerprint density at radius 3 is 2.87 bits per heavy atom. The van der Waals surface area contributed by atoms with Crippen LogP contribution in [0.4, 0.5) is 15.8 Å². The number of rotatable bonds is 2. The summed E-state index contributed by atoms with van der Waals surface area (Å²) >= 11 is 0. The van der Waals surface area contributed by atoms with E-state index in [1.165, 1.54) is 12.1 Å². The zero-order valence-electron chi connectivity index (χ0n) is 13.5. The Bertz CT molecular complexity index is 657. The zero-order valence-corrected chi connectivity index (χ0v) is 13.5. The van der Waals surface area contributed by atoms with Gasteiger partial charge in [-0.15, -0.1) is 0 Å². The van der Waals surface area contributed by atoms with Gasteiger partial charge in [-0.3, -0.25) is 9.59 Å². The average molecular weight is 319 g/mol. The molecule has 1 fully saturated rings. The van der Waals surface area contributed by atoms with E-state index in [1.807, 2.05) is 13.8 Å². The number of halogens is 1. The molecule has 1 atom stereocenters. The van der Waals surface area contributed by atoms with E-state index in [-0.39, 0.29) is 29.0 Å². The fraction of sp³-hybridized carbons (Fsp3) is 0.529. The van der Waals surface area contributed by atoms with Crippen LogP contribution in [0.25, 0.3) is 0 Å². The minimum Gasteiger partial charge on any atom is -0.326 e. The van der Waals surface area contributed by atoms with Crippen molar-refractivity contribution in [3.63, 3.8) is 0 Å². The summed E-state index contributed by atoms with van der Waals surface area (Å²) in [6, 6.07) is 2.54. The summed E-state index contributed by atoms with van der Waals surface area (Å²) < 4.78 is 14.2. The Kier molecular flexibility index (Phi) is 4.10. The zero-order chi connectivity index (χ0) is 16.6. The first-order valence-corrected chi connectivity index (χ1v) is 8.03. The van der Waals surface area contributed by atoms with E-state index >= 15 is 0 Å². The second-order valence-corrected chi connectivity index (χ2v) is 7.01. The minimum atomic E-state index is -0.470. The number of nitrogens with one attached hydrogen (secondary N) is 3. The first-order valence-electron chi connectivity index (χ1n) is 8.03. The third kappa shape index (κ3) is 3.22. The van der Waals surface area contributed by atoms with Gasteiger partial charge in [-0.25, -0.2) is 4.39 Å². The van der Waals surface area contributed by atoms with Crippen LogP contribution < -0.4 is 16.0 Å². The van der Waals surface area contributed by atoms with Crippen molar-refractivity contribution in [1.82, 2.24) is 5.32 Å². The molecule has 6 heteroatoms. The Morgan fingerprint density at radius 1 is 1.35 bits per heavy atom. The lowest BCUT2D eigenvalue weighted by Crippen LogP contribution is -2.53. The van der Waals surface area contributed by atoms with Crippen molar-refractivity contribution in [1.29, 1.82) is 0 Å². The maximum absolute atomic E-state index is 14.2.